The molecular formula is C16H20FNOS. The maximum atomic E-state index is 13.4. The van der Waals surface area contributed by atoms with Gasteiger partial charge in [-0.15, -0.1) is 0 Å². The Morgan fingerprint density at radius 3 is 2.95 bits per heavy atom. The third-order valence-electron chi connectivity index (χ3n) is 3.26. The van der Waals surface area contributed by atoms with Crippen molar-refractivity contribution >= 4 is 11.3 Å². The Morgan fingerprint density at radius 1 is 1.35 bits per heavy atom. The number of rotatable bonds is 8. The molecule has 0 amide bonds. The maximum absolute atomic E-state index is 13.4. The van der Waals surface area contributed by atoms with E-state index in [9.17, 15) is 4.39 Å². The molecule has 20 heavy (non-hydrogen) atoms. The van der Waals surface area contributed by atoms with Crippen LogP contribution in [0, 0.1) is 5.82 Å². The van der Waals surface area contributed by atoms with E-state index < -0.39 is 0 Å². The van der Waals surface area contributed by atoms with Gasteiger partial charge in [-0.05, 0) is 46.5 Å². The van der Waals surface area contributed by atoms with Crippen molar-refractivity contribution in [3.05, 3.63) is 58.0 Å². The summed E-state index contributed by atoms with van der Waals surface area (Å²) in [4.78, 5) is 0. The lowest BCUT2D eigenvalue weighted by molar-refractivity contribution is 0.199. The normalized spacial score (nSPS) is 12.5. The van der Waals surface area contributed by atoms with Crippen molar-refractivity contribution in [2.75, 3.05) is 26.8 Å². The molecule has 1 atom stereocenters. The molecule has 2 nitrogen and oxygen atoms in total. The van der Waals surface area contributed by atoms with Crippen molar-refractivity contribution in [1.29, 1.82) is 0 Å². The smallest absolute Gasteiger partial charge is 0.123 e. The second-order valence-corrected chi connectivity index (χ2v) is 5.56. The fraction of sp³-hybridized carbons (Fsp3) is 0.375. The molecule has 1 N–H and O–H groups in total. The molecule has 4 heteroatoms. The van der Waals surface area contributed by atoms with E-state index in [1.165, 1.54) is 11.6 Å². The SMILES string of the molecule is COCCNCC(Cc1ccsc1)c1cccc(F)c1. The zero-order valence-corrected chi connectivity index (χ0v) is 12.5. The molecule has 0 fully saturated rings. The quantitative estimate of drug-likeness (QED) is 0.753. The predicted molar refractivity (Wildman–Crippen MR) is 81.9 cm³/mol. The first-order chi connectivity index (χ1) is 9.79. The minimum atomic E-state index is -0.172. The number of thiophene rings is 1. The molecule has 0 saturated carbocycles. The monoisotopic (exact) mass is 293 g/mol. The fourth-order valence-corrected chi connectivity index (χ4v) is 2.89. The van der Waals surface area contributed by atoms with Gasteiger partial charge in [0.2, 0.25) is 0 Å². The molecule has 0 aliphatic rings. The van der Waals surface area contributed by atoms with Crippen LogP contribution in [0.25, 0.3) is 0 Å². The second-order valence-electron chi connectivity index (χ2n) is 4.78. The zero-order chi connectivity index (χ0) is 14.2. The fourth-order valence-electron chi connectivity index (χ4n) is 2.21. The van der Waals surface area contributed by atoms with Gasteiger partial charge in [-0.3, -0.25) is 0 Å². The van der Waals surface area contributed by atoms with E-state index in [1.54, 1.807) is 30.6 Å². The van der Waals surface area contributed by atoms with E-state index in [2.05, 4.69) is 22.1 Å². The standard InChI is InChI=1S/C16H20FNOS/c1-19-7-6-18-11-15(9-13-5-8-20-12-13)14-3-2-4-16(17)10-14/h2-5,8,10,12,15,18H,6-7,9,11H2,1H3. The number of hydrogen-bond acceptors (Lipinski definition) is 3. The van der Waals surface area contributed by atoms with Crippen LogP contribution < -0.4 is 5.32 Å². The largest absolute Gasteiger partial charge is 0.383 e. The summed E-state index contributed by atoms with van der Waals surface area (Å²) in [6, 6.07) is 9.03. The van der Waals surface area contributed by atoms with E-state index in [-0.39, 0.29) is 11.7 Å². The Bertz CT molecular complexity index is 501. The summed E-state index contributed by atoms with van der Waals surface area (Å²) in [5.41, 5.74) is 2.35. The first-order valence-electron chi connectivity index (χ1n) is 6.76. The van der Waals surface area contributed by atoms with Gasteiger partial charge in [0.1, 0.15) is 5.82 Å². The summed E-state index contributed by atoms with van der Waals surface area (Å²) in [6.07, 6.45) is 0.924. The second kappa shape index (κ2) is 8.15. The van der Waals surface area contributed by atoms with Crippen molar-refractivity contribution in [2.24, 2.45) is 0 Å². The Hall–Kier alpha value is -1.23. The first-order valence-corrected chi connectivity index (χ1v) is 7.70. The molecule has 108 valence electrons. The predicted octanol–water partition coefficient (Wildman–Crippen LogP) is 3.45. The van der Waals surface area contributed by atoms with Gasteiger partial charge in [-0.25, -0.2) is 4.39 Å². The molecule has 1 heterocycles. The van der Waals surface area contributed by atoms with Crippen LogP contribution >= 0.6 is 11.3 Å². The van der Waals surface area contributed by atoms with Gasteiger partial charge < -0.3 is 10.1 Å². The zero-order valence-electron chi connectivity index (χ0n) is 11.6. The highest BCUT2D eigenvalue weighted by atomic mass is 32.1. The molecule has 1 unspecified atom stereocenters. The van der Waals surface area contributed by atoms with E-state index >= 15 is 0 Å². The van der Waals surface area contributed by atoms with Crippen LogP contribution in [0.1, 0.15) is 17.0 Å². The number of halogens is 1. The van der Waals surface area contributed by atoms with Gasteiger partial charge in [0, 0.05) is 26.1 Å². The molecule has 0 saturated heterocycles. The minimum Gasteiger partial charge on any atom is -0.383 e. The van der Waals surface area contributed by atoms with Gasteiger partial charge in [0.25, 0.3) is 0 Å². The molecule has 1 aromatic carbocycles. The van der Waals surface area contributed by atoms with Crippen LogP contribution in [0.4, 0.5) is 4.39 Å². The van der Waals surface area contributed by atoms with Crippen LogP contribution in [-0.2, 0) is 11.2 Å². The van der Waals surface area contributed by atoms with Crippen LogP contribution in [0.15, 0.2) is 41.1 Å². The Balaban J connectivity index is 2.03. The lowest BCUT2D eigenvalue weighted by atomic mass is 9.93. The lowest BCUT2D eigenvalue weighted by Gasteiger charge is -2.18. The van der Waals surface area contributed by atoms with Crippen LogP contribution in [0.3, 0.4) is 0 Å². The Morgan fingerprint density at radius 2 is 2.25 bits per heavy atom. The van der Waals surface area contributed by atoms with Crippen LogP contribution in [-0.4, -0.2) is 26.8 Å². The lowest BCUT2D eigenvalue weighted by Crippen LogP contribution is -2.26. The molecule has 0 aliphatic carbocycles. The van der Waals surface area contributed by atoms with E-state index in [0.717, 1.165) is 25.1 Å². The highest BCUT2D eigenvalue weighted by Crippen LogP contribution is 2.22. The van der Waals surface area contributed by atoms with Gasteiger partial charge in [-0.1, -0.05) is 12.1 Å². The molecule has 2 aromatic rings. The molecule has 1 aromatic heterocycles. The third-order valence-corrected chi connectivity index (χ3v) is 3.99. The summed E-state index contributed by atoms with van der Waals surface area (Å²) in [7, 11) is 1.69. The maximum Gasteiger partial charge on any atom is 0.123 e. The number of benzene rings is 1. The van der Waals surface area contributed by atoms with Crippen molar-refractivity contribution in [1.82, 2.24) is 5.32 Å². The number of nitrogens with one attached hydrogen (secondary N) is 1. The van der Waals surface area contributed by atoms with Gasteiger partial charge >= 0.3 is 0 Å². The summed E-state index contributed by atoms with van der Waals surface area (Å²) in [6.45, 7) is 2.32. The highest BCUT2D eigenvalue weighted by Gasteiger charge is 2.13. The number of hydrogen-bond donors (Lipinski definition) is 1. The molecule has 2 rings (SSSR count). The molecule has 0 radical (unpaired) electrons. The Kier molecular flexibility index (Phi) is 6.18. The van der Waals surface area contributed by atoms with Gasteiger partial charge in [0.05, 0.1) is 6.61 Å². The van der Waals surface area contributed by atoms with Gasteiger partial charge in [-0.2, -0.15) is 11.3 Å². The topological polar surface area (TPSA) is 21.3 Å². The third kappa shape index (κ3) is 4.71. The molecule has 0 spiro atoms. The van der Waals surface area contributed by atoms with Gasteiger partial charge in [0.15, 0.2) is 0 Å². The van der Waals surface area contributed by atoms with Crippen LogP contribution in [0.2, 0.25) is 0 Å². The van der Waals surface area contributed by atoms with Crippen molar-refractivity contribution < 1.29 is 9.13 Å². The molecule has 0 aliphatic heterocycles. The van der Waals surface area contributed by atoms with E-state index in [1.807, 2.05) is 6.07 Å². The minimum absolute atomic E-state index is 0.172. The summed E-state index contributed by atoms with van der Waals surface area (Å²) in [5.74, 6) is 0.104. The van der Waals surface area contributed by atoms with Crippen molar-refractivity contribution in [3.63, 3.8) is 0 Å². The Labute approximate surface area is 123 Å². The summed E-state index contributed by atoms with van der Waals surface area (Å²) in [5, 5.41) is 7.61. The van der Waals surface area contributed by atoms with Crippen molar-refractivity contribution in [2.45, 2.75) is 12.3 Å². The summed E-state index contributed by atoms with van der Waals surface area (Å²) < 4.78 is 18.4. The average Bonchev–Trinajstić information content (AvgIpc) is 2.95. The molecular weight excluding hydrogens is 273 g/mol. The average molecular weight is 293 g/mol. The van der Waals surface area contributed by atoms with E-state index in [4.69, 9.17) is 4.74 Å². The first kappa shape index (κ1) is 15.2. The van der Waals surface area contributed by atoms with Crippen LogP contribution in [0.5, 0.6) is 0 Å². The number of ether oxygens (including phenoxy) is 1. The molecule has 0 bridgehead atoms. The van der Waals surface area contributed by atoms with Crippen molar-refractivity contribution in [3.8, 4) is 0 Å². The summed E-state index contributed by atoms with van der Waals surface area (Å²) >= 11 is 1.70. The van der Waals surface area contributed by atoms with E-state index in [0.29, 0.717) is 6.61 Å². The highest BCUT2D eigenvalue weighted by molar-refractivity contribution is 7.07. The number of methoxy groups -OCH3 is 1.